The molecule has 86 valence electrons. The fraction of sp³-hybridized carbons (Fsp3) is 0.455. The van der Waals surface area contributed by atoms with Crippen LogP contribution in [-0.4, -0.2) is 30.0 Å². The van der Waals surface area contributed by atoms with E-state index in [0.717, 1.165) is 25.9 Å². The molecule has 2 heterocycles. The van der Waals surface area contributed by atoms with Crippen molar-refractivity contribution in [2.45, 2.75) is 18.9 Å². The Labute approximate surface area is 93.3 Å². The van der Waals surface area contributed by atoms with Gasteiger partial charge in [0.15, 0.2) is 0 Å². The van der Waals surface area contributed by atoms with E-state index in [4.69, 9.17) is 0 Å². The van der Waals surface area contributed by atoms with Crippen LogP contribution in [0.15, 0.2) is 23.1 Å². The second-order valence-electron chi connectivity index (χ2n) is 3.96. The normalized spacial score (nSPS) is 20.4. The zero-order valence-corrected chi connectivity index (χ0v) is 8.95. The van der Waals surface area contributed by atoms with Crippen molar-refractivity contribution in [3.8, 4) is 0 Å². The summed E-state index contributed by atoms with van der Waals surface area (Å²) in [5.74, 6) is -0.134. The Kier molecular flexibility index (Phi) is 3.36. The van der Waals surface area contributed by atoms with Crippen molar-refractivity contribution in [2.24, 2.45) is 0 Å². The lowest BCUT2D eigenvalue weighted by atomic mass is 10.1. The molecule has 5 nitrogen and oxygen atoms in total. The molecule has 1 aliphatic heterocycles. The lowest BCUT2D eigenvalue weighted by Gasteiger charge is -2.23. The van der Waals surface area contributed by atoms with Gasteiger partial charge in [-0.15, -0.1) is 0 Å². The minimum Gasteiger partial charge on any atom is -0.348 e. The second kappa shape index (κ2) is 4.94. The number of carbonyl (C=O) groups is 1. The number of pyridine rings is 1. The van der Waals surface area contributed by atoms with E-state index in [-0.39, 0.29) is 17.5 Å². The lowest BCUT2D eigenvalue weighted by molar-refractivity contribution is 0.0930. The fourth-order valence-corrected chi connectivity index (χ4v) is 1.80. The van der Waals surface area contributed by atoms with Crippen molar-refractivity contribution in [3.63, 3.8) is 0 Å². The Morgan fingerprint density at radius 2 is 2.31 bits per heavy atom. The van der Waals surface area contributed by atoms with Crippen molar-refractivity contribution >= 4 is 5.91 Å². The van der Waals surface area contributed by atoms with Gasteiger partial charge in [0.25, 0.3) is 5.91 Å². The molecule has 1 atom stereocenters. The highest BCUT2D eigenvalue weighted by Gasteiger charge is 2.15. The maximum absolute atomic E-state index is 11.8. The number of hydrogen-bond acceptors (Lipinski definition) is 3. The van der Waals surface area contributed by atoms with Crippen LogP contribution in [0.3, 0.4) is 0 Å². The van der Waals surface area contributed by atoms with E-state index in [2.05, 4.69) is 15.6 Å². The van der Waals surface area contributed by atoms with Crippen molar-refractivity contribution in [1.29, 1.82) is 0 Å². The molecule has 1 amide bonds. The summed E-state index contributed by atoms with van der Waals surface area (Å²) in [4.78, 5) is 25.1. The monoisotopic (exact) mass is 221 g/mol. The first kappa shape index (κ1) is 10.9. The average molecular weight is 221 g/mol. The average Bonchev–Trinajstić information content (AvgIpc) is 2.31. The minimum absolute atomic E-state index is 0.134. The predicted octanol–water partition coefficient (Wildman–Crippen LogP) is -0.143. The van der Waals surface area contributed by atoms with Gasteiger partial charge in [0, 0.05) is 24.8 Å². The standard InChI is InChI=1S/C11H15N3O2/c15-10-4-3-8(6-13-10)11(16)14-9-2-1-5-12-7-9/h3-4,6,9,12H,1-2,5,7H2,(H,13,15)(H,14,16)/t9-/m1/s1. The third-order valence-corrected chi connectivity index (χ3v) is 2.68. The zero-order chi connectivity index (χ0) is 11.4. The van der Waals surface area contributed by atoms with Crippen LogP contribution in [0.2, 0.25) is 0 Å². The molecular formula is C11H15N3O2. The molecule has 2 rings (SSSR count). The maximum atomic E-state index is 11.8. The molecule has 0 aromatic carbocycles. The Hall–Kier alpha value is -1.62. The van der Waals surface area contributed by atoms with Crippen molar-refractivity contribution in [3.05, 3.63) is 34.2 Å². The molecule has 1 saturated heterocycles. The predicted molar refractivity (Wildman–Crippen MR) is 60.4 cm³/mol. The number of H-pyrrole nitrogens is 1. The van der Waals surface area contributed by atoms with Crippen LogP contribution in [0, 0.1) is 0 Å². The van der Waals surface area contributed by atoms with Gasteiger partial charge in [0.2, 0.25) is 5.56 Å². The molecule has 5 heteroatoms. The molecule has 0 unspecified atom stereocenters. The van der Waals surface area contributed by atoms with E-state index < -0.39 is 0 Å². The van der Waals surface area contributed by atoms with Crippen molar-refractivity contribution in [1.82, 2.24) is 15.6 Å². The summed E-state index contributed by atoms with van der Waals surface area (Å²) in [6.07, 6.45) is 3.52. The molecule has 0 spiro atoms. The van der Waals surface area contributed by atoms with Gasteiger partial charge < -0.3 is 15.6 Å². The highest BCUT2D eigenvalue weighted by Crippen LogP contribution is 2.02. The van der Waals surface area contributed by atoms with Crippen molar-refractivity contribution < 1.29 is 4.79 Å². The van der Waals surface area contributed by atoms with Crippen LogP contribution in [0.25, 0.3) is 0 Å². The molecule has 1 aliphatic rings. The summed E-state index contributed by atoms with van der Waals surface area (Å²) in [5, 5.41) is 6.16. The largest absolute Gasteiger partial charge is 0.348 e. The number of amides is 1. The molecule has 1 fully saturated rings. The van der Waals surface area contributed by atoms with Crippen LogP contribution in [0.1, 0.15) is 23.2 Å². The van der Waals surface area contributed by atoms with Crippen LogP contribution in [0.4, 0.5) is 0 Å². The Morgan fingerprint density at radius 3 is 2.94 bits per heavy atom. The van der Waals surface area contributed by atoms with E-state index >= 15 is 0 Å². The quantitative estimate of drug-likeness (QED) is 0.650. The van der Waals surface area contributed by atoms with Gasteiger partial charge in [0.1, 0.15) is 0 Å². The summed E-state index contributed by atoms with van der Waals surface area (Å²) in [6.45, 7) is 1.83. The van der Waals surface area contributed by atoms with E-state index in [1.807, 2.05) is 0 Å². The van der Waals surface area contributed by atoms with Gasteiger partial charge in [-0.3, -0.25) is 9.59 Å². The second-order valence-corrected chi connectivity index (χ2v) is 3.96. The fourth-order valence-electron chi connectivity index (χ4n) is 1.80. The van der Waals surface area contributed by atoms with Crippen LogP contribution >= 0.6 is 0 Å². The summed E-state index contributed by atoms with van der Waals surface area (Å²) < 4.78 is 0. The molecule has 1 aromatic heterocycles. The molecule has 16 heavy (non-hydrogen) atoms. The first-order valence-corrected chi connectivity index (χ1v) is 5.46. The van der Waals surface area contributed by atoms with Crippen LogP contribution < -0.4 is 16.2 Å². The highest BCUT2D eigenvalue weighted by atomic mass is 16.2. The molecule has 1 aromatic rings. The Bertz CT molecular complexity index is 401. The number of piperidine rings is 1. The van der Waals surface area contributed by atoms with E-state index in [9.17, 15) is 9.59 Å². The molecule has 0 aliphatic carbocycles. The Morgan fingerprint density at radius 1 is 1.44 bits per heavy atom. The molecule has 0 saturated carbocycles. The topological polar surface area (TPSA) is 74.0 Å². The maximum Gasteiger partial charge on any atom is 0.253 e. The Balaban J connectivity index is 1.96. The smallest absolute Gasteiger partial charge is 0.253 e. The number of carbonyl (C=O) groups excluding carboxylic acids is 1. The number of hydrogen-bond donors (Lipinski definition) is 3. The SMILES string of the molecule is O=C(N[C@@H]1CCCNC1)c1ccc(=O)[nH]c1. The van der Waals surface area contributed by atoms with E-state index in [1.54, 1.807) is 0 Å². The van der Waals surface area contributed by atoms with Gasteiger partial charge in [-0.05, 0) is 25.5 Å². The lowest BCUT2D eigenvalue weighted by Crippen LogP contribution is -2.45. The minimum atomic E-state index is -0.198. The molecule has 0 bridgehead atoms. The third-order valence-electron chi connectivity index (χ3n) is 2.68. The first-order valence-electron chi connectivity index (χ1n) is 5.46. The molecule has 0 radical (unpaired) electrons. The first-order chi connectivity index (χ1) is 7.75. The van der Waals surface area contributed by atoms with Gasteiger partial charge in [-0.25, -0.2) is 0 Å². The summed E-state index contributed by atoms with van der Waals surface area (Å²) in [7, 11) is 0. The van der Waals surface area contributed by atoms with Gasteiger partial charge >= 0.3 is 0 Å². The third kappa shape index (κ3) is 2.70. The number of aromatic nitrogens is 1. The van der Waals surface area contributed by atoms with Crippen LogP contribution in [0.5, 0.6) is 0 Å². The summed E-state index contributed by atoms with van der Waals surface area (Å²) >= 11 is 0. The summed E-state index contributed by atoms with van der Waals surface area (Å²) in [5.41, 5.74) is 0.293. The number of aromatic amines is 1. The van der Waals surface area contributed by atoms with Crippen LogP contribution in [-0.2, 0) is 0 Å². The number of rotatable bonds is 2. The number of nitrogens with one attached hydrogen (secondary N) is 3. The van der Waals surface area contributed by atoms with Gasteiger partial charge in [-0.2, -0.15) is 0 Å². The zero-order valence-electron chi connectivity index (χ0n) is 8.95. The van der Waals surface area contributed by atoms with Crippen molar-refractivity contribution in [2.75, 3.05) is 13.1 Å². The highest BCUT2D eigenvalue weighted by molar-refractivity contribution is 5.94. The van der Waals surface area contributed by atoms with E-state index in [0.29, 0.717) is 5.56 Å². The van der Waals surface area contributed by atoms with Gasteiger partial charge in [-0.1, -0.05) is 0 Å². The van der Waals surface area contributed by atoms with E-state index in [1.165, 1.54) is 18.3 Å². The summed E-state index contributed by atoms with van der Waals surface area (Å²) in [6, 6.07) is 3.08. The molecule has 3 N–H and O–H groups in total. The molecular weight excluding hydrogens is 206 g/mol. The van der Waals surface area contributed by atoms with Gasteiger partial charge in [0.05, 0.1) is 5.56 Å².